The summed E-state index contributed by atoms with van der Waals surface area (Å²) in [5.74, 6) is -0.511. The number of aromatic nitrogens is 1. The molecule has 0 saturated carbocycles. The van der Waals surface area contributed by atoms with Crippen molar-refractivity contribution in [1.82, 2.24) is 30.1 Å². The summed E-state index contributed by atoms with van der Waals surface area (Å²) in [5, 5.41) is 16.0. The number of nitrogens with one attached hydrogen (secondary N) is 1. The first-order chi connectivity index (χ1) is 24.0. The van der Waals surface area contributed by atoms with E-state index in [0.29, 0.717) is 17.0 Å². The molecule has 4 amide bonds. The summed E-state index contributed by atoms with van der Waals surface area (Å²) in [7, 11) is -3.36. The number of rotatable bonds is 10. The highest BCUT2D eigenvalue weighted by molar-refractivity contribution is 7.90. The molecule has 1 aromatic heterocycles. The normalized spacial score (nSPS) is 18.1. The number of phenols is 1. The lowest BCUT2D eigenvalue weighted by Gasteiger charge is -2.55. The number of amides is 4. The van der Waals surface area contributed by atoms with Gasteiger partial charge in [-0.25, -0.2) is 23.2 Å². The number of fused-ring (bicyclic) bond motifs is 1. The number of pyridine rings is 1. The predicted molar refractivity (Wildman–Crippen MR) is 187 cm³/mol. The van der Waals surface area contributed by atoms with Gasteiger partial charge in [-0.1, -0.05) is 66.7 Å². The lowest BCUT2D eigenvalue weighted by atomic mass is 9.98. The van der Waals surface area contributed by atoms with Gasteiger partial charge in [0, 0.05) is 31.3 Å². The van der Waals surface area contributed by atoms with Gasteiger partial charge in [-0.3, -0.25) is 14.6 Å². The largest absolute Gasteiger partial charge is 0.508 e. The Morgan fingerprint density at radius 2 is 1.68 bits per heavy atom. The number of piperazine rings is 1. The number of aromatic hydroxyl groups is 1. The Balaban J connectivity index is 1.33. The van der Waals surface area contributed by atoms with E-state index in [-0.39, 0.29) is 61.6 Å². The molecule has 2 fully saturated rings. The van der Waals surface area contributed by atoms with Crippen molar-refractivity contribution in [3.05, 3.63) is 127 Å². The maximum Gasteiger partial charge on any atom is 0.334 e. The molecular weight excluding hydrogens is 657 g/mol. The van der Waals surface area contributed by atoms with Crippen molar-refractivity contribution in [3.8, 4) is 17.0 Å². The first kappa shape index (κ1) is 34.3. The second-order valence-electron chi connectivity index (χ2n) is 12.3. The molecule has 13 heteroatoms. The Hall–Kier alpha value is -5.53. The van der Waals surface area contributed by atoms with E-state index in [1.165, 1.54) is 34.2 Å². The third-order valence-corrected chi connectivity index (χ3v) is 9.90. The van der Waals surface area contributed by atoms with Crippen LogP contribution in [-0.2, 0) is 38.9 Å². The molecule has 0 bridgehead atoms. The van der Waals surface area contributed by atoms with Crippen LogP contribution in [-0.4, -0.2) is 94.3 Å². The van der Waals surface area contributed by atoms with Gasteiger partial charge < -0.3 is 20.2 Å². The van der Waals surface area contributed by atoms with Crippen molar-refractivity contribution in [3.63, 3.8) is 0 Å². The van der Waals surface area contributed by atoms with Crippen molar-refractivity contribution in [2.24, 2.45) is 0 Å². The van der Waals surface area contributed by atoms with E-state index < -0.39 is 28.1 Å². The van der Waals surface area contributed by atoms with Gasteiger partial charge in [0.15, 0.2) is 9.84 Å². The van der Waals surface area contributed by atoms with Crippen molar-refractivity contribution in [1.29, 1.82) is 0 Å². The van der Waals surface area contributed by atoms with Crippen LogP contribution in [0.3, 0.4) is 0 Å². The highest BCUT2D eigenvalue weighted by atomic mass is 32.2. The Kier molecular flexibility index (Phi) is 9.98. The monoisotopic (exact) mass is 694 g/mol. The number of phenolic OH excluding ortho intramolecular Hbond substituents is 1. The highest BCUT2D eigenvalue weighted by Gasteiger charge is 2.51. The van der Waals surface area contributed by atoms with Crippen LogP contribution in [0.15, 0.2) is 115 Å². The maximum atomic E-state index is 14.3. The van der Waals surface area contributed by atoms with Gasteiger partial charge in [-0.15, -0.1) is 6.58 Å². The van der Waals surface area contributed by atoms with E-state index in [0.717, 1.165) is 17.4 Å². The standard InChI is InChI=1S/C37H38N6O6S/c1-3-20-41-25-35(45)42-33(21-26-12-16-30(44)17-13-26)36(46)40(24-34(42)43(41)37(47)38-22-27-8-5-4-6-9-27)23-29-10-7-11-32(39-29)28-14-18-31(19-15-28)50(2,48)49/h3-19,33-34,44H,1,20-25H2,2H3,(H,38,47)/t33-,34-/m0/s1. The summed E-state index contributed by atoms with van der Waals surface area (Å²) in [4.78, 5) is 50.3. The minimum Gasteiger partial charge on any atom is -0.508 e. The number of urea groups is 1. The number of sulfone groups is 1. The third-order valence-electron chi connectivity index (χ3n) is 8.77. The van der Waals surface area contributed by atoms with E-state index in [1.54, 1.807) is 52.4 Å². The smallest absolute Gasteiger partial charge is 0.334 e. The molecular formula is C37H38N6O6S. The summed E-state index contributed by atoms with van der Waals surface area (Å²) < 4.78 is 23.9. The fourth-order valence-electron chi connectivity index (χ4n) is 6.35. The quantitative estimate of drug-likeness (QED) is 0.240. The molecule has 50 heavy (non-hydrogen) atoms. The van der Waals surface area contributed by atoms with Crippen molar-refractivity contribution in [2.75, 3.05) is 25.9 Å². The van der Waals surface area contributed by atoms with Gasteiger partial charge >= 0.3 is 6.03 Å². The van der Waals surface area contributed by atoms with E-state index in [1.807, 2.05) is 36.4 Å². The molecule has 0 unspecified atom stereocenters. The Bertz CT molecular complexity index is 1990. The zero-order chi connectivity index (χ0) is 35.4. The third kappa shape index (κ3) is 7.53. The van der Waals surface area contributed by atoms with Gasteiger partial charge in [0.05, 0.1) is 35.9 Å². The summed E-state index contributed by atoms with van der Waals surface area (Å²) >= 11 is 0. The number of benzene rings is 3. The molecule has 4 aromatic rings. The lowest BCUT2D eigenvalue weighted by molar-refractivity contribution is -0.189. The minimum atomic E-state index is -3.36. The van der Waals surface area contributed by atoms with Crippen LogP contribution in [0.1, 0.15) is 16.8 Å². The molecule has 2 N–H and O–H groups in total. The topological polar surface area (TPSA) is 143 Å². The van der Waals surface area contributed by atoms with Crippen LogP contribution < -0.4 is 5.32 Å². The van der Waals surface area contributed by atoms with Gasteiger partial charge in [0.1, 0.15) is 18.0 Å². The van der Waals surface area contributed by atoms with Crippen molar-refractivity contribution in [2.45, 2.75) is 36.6 Å². The van der Waals surface area contributed by atoms with Crippen molar-refractivity contribution >= 4 is 27.7 Å². The zero-order valence-electron chi connectivity index (χ0n) is 27.6. The molecule has 2 atom stereocenters. The first-order valence-electron chi connectivity index (χ1n) is 16.1. The summed E-state index contributed by atoms with van der Waals surface area (Å²) in [6, 6.07) is 26.5. The van der Waals surface area contributed by atoms with E-state index in [9.17, 15) is 27.9 Å². The molecule has 2 aliphatic rings. The van der Waals surface area contributed by atoms with Gasteiger partial charge in [-0.05, 0) is 47.5 Å². The number of hydrogen-bond acceptors (Lipinski definition) is 8. The zero-order valence-corrected chi connectivity index (χ0v) is 28.4. The number of hydrogen-bond donors (Lipinski definition) is 2. The highest BCUT2D eigenvalue weighted by Crippen LogP contribution is 2.30. The number of hydrazine groups is 1. The molecule has 2 aliphatic heterocycles. The molecule has 3 heterocycles. The Morgan fingerprint density at radius 1 is 0.960 bits per heavy atom. The summed E-state index contributed by atoms with van der Waals surface area (Å²) in [6.45, 7) is 4.33. The molecule has 3 aromatic carbocycles. The number of carbonyl (C=O) groups excluding carboxylic acids is 3. The Labute approximate surface area is 291 Å². The van der Waals surface area contributed by atoms with Crippen LogP contribution in [0.4, 0.5) is 4.79 Å². The van der Waals surface area contributed by atoms with Crippen LogP contribution >= 0.6 is 0 Å². The molecule has 12 nitrogen and oxygen atoms in total. The second kappa shape index (κ2) is 14.5. The molecule has 258 valence electrons. The van der Waals surface area contributed by atoms with Gasteiger partial charge in [0.25, 0.3) is 0 Å². The van der Waals surface area contributed by atoms with Gasteiger partial charge in [-0.2, -0.15) is 0 Å². The SMILES string of the molecule is C=CCN1CC(=O)N2[C@@H](Cc3ccc(O)cc3)C(=O)N(Cc3cccc(-c4ccc(S(C)(=O)=O)cc4)n3)C[C@@H]2N1C(=O)NCc1ccccc1. The van der Waals surface area contributed by atoms with E-state index in [2.05, 4.69) is 11.9 Å². The van der Waals surface area contributed by atoms with E-state index in [4.69, 9.17) is 4.98 Å². The molecule has 0 spiro atoms. The minimum absolute atomic E-state index is 0.0258. The Morgan fingerprint density at radius 3 is 2.36 bits per heavy atom. The molecule has 0 radical (unpaired) electrons. The lowest BCUT2D eigenvalue weighted by Crippen LogP contribution is -2.76. The fraction of sp³-hybridized carbons (Fsp3) is 0.243. The van der Waals surface area contributed by atoms with Gasteiger partial charge in [0.2, 0.25) is 11.8 Å². The van der Waals surface area contributed by atoms with Crippen LogP contribution in [0.2, 0.25) is 0 Å². The van der Waals surface area contributed by atoms with Crippen molar-refractivity contribution < 1.29 is 27.9 Å². The molecule has 2 saturated heterocycles. The second-order valence-corrected chi connectivity index (χ2v) is 14.3. The average molecular weight is 695 g/mol. The summed E-state index contributed by atoms with van der Waals surface area (Å²) in [6.07, 6.45) is 2.10. The molecule has 0 aliphatic carbocycles. The number of carbonyl (C=O) groups is 3. The van der Waals surface area contributed by atoms with Crippen LogP contribution in [0, 0.1) is 0 Å². The predicted octanol–water partition coefficient (Wildman–Crippen LogP) is 3.59. The summed E-state index contributed by atoms with van der Waals surface area (Å²) in [5.41, 5.74) is 3.52. The van der Waals surface area contributed by atoms with E-state index >= 15 is 0 Å². The maximum absolute atomic E-state index is 14.3. The number of nitrogens with zero attached hydrogens (tertiary/aromatic N) is 5. The molecule has 6 rings (SSSR count). The first-order valence-corrected chi connectivity index (χ1v) is 18.0. The fourth-order valence-corrected chi connectivity index (χ4v) is 6.98. The van der Waals surface area contributed by atoms with Crippen LogP contribution in [0.25, 0.3) is 11.3 Å². The average Bonchev–Trinajstić information content (AvgIpc) is 3.10. The van der Waals surface area contributed by atoms with Crippen LogP contribution in [0.5, 0.6) is 5.75 Å².